The second kappa shape index (κ2) is 7.70. The van der Waals surface area contributed by atoms with Crippen molar-refractivity contribution in [2.75, 3.05) is 50.7 Å². The summed E-state index contributed by atoms with van der Waals surface area (Å²) >= 11 is 0. The first kappa shape index (κ1) is 16.8. The van der Waals surface area contributed by atoms with E-state index < -0.39 is 0 Å². The van der Waals surface area contributed by atoms with E-state index in [-0.39, 0.29) is 5.91 Å². The molecule has 2 saturated heterocycles. The highest BCUT2D eigenvalue weighted by Gasteiger charge is 2.32. The Labute approximate surface area is 150 Å². The highest BCUT2D eigenvalue weighted by atomic mass is 16.2. The van der Waals surface area contributed by atoms with Crippen molar-refractivity contribution in [2.45, 2.75) is 37.8 Å². The lowest BCUT2D eigenvalue weighted by Crippen LogP contribution is -2.52. The number of rotatable bonds is 5. The van der Waals surface area contributed by atoms with Gasteiger partial charge in [-0.15, -0.1) is 0 Å². The fraction of sp³-hybridized carbons (Fsp3) is 0.684. The van der Waals surface area contributed by atoms with Gasteiger partial charge in [-0.2, -0.15) is 0 Å². The summed E-state index contributed by atoms with van der Waals surface area (Å²) < 4.78 is 0. The summed E-state index contributed by atoms with van der Waals surface area (Å²) in [6.45, 7) is 6.54. The van der Waals surface area contributed by atoms with Crippen LogP contribution in [0.4, 0.5) is 5.82 Å². The molecule has 2 aliphatic heterocycles. The van der Waals surface area contributed by atoms with Crippen molar-refractivity contribution >= 4 is 11.7 Å². The standard InChI is InChI=1S/C19H29N5O/c25-19(21-16-6-9-23(10-7-16)17-4-5-17)15-22-11-13-24(14-12-22)18-3-1-2-8-20-18/h1-3,8,16-17H,4-7,9-15H2,(H,21,25). The maximum absolute atomic E-state index is 12.4. The Morgan fingerprint density at radius 2 is 1.80 bits per heavy atom. The molecule has 0 bridgehead atoms. The zero-order valence-electron chi connectivity index (χ0n) is 14.9. The number of nitrogens with zero attached hydrogens (tertiary/aromatic N) is 4. The number of piperazine rings is 1. The molecule has 1 aromatic rings. The van der Waals surface area contributed by atoms with E-state index in [1.165, 1.54) is 12.8 Å². The number of hydrogen-bond acceptors (Lipinski definition) is 5. The summed E-state index contributed by atoms with van der Waals surface area (Å²) in [5, 5.41) is 3.26. The van der Waals surface area contributed by atoms with Crippen LogP contribution in [0.1, 0.15) is 25.7 Å². The summed E-state index contributed by atoms with van der Waals surface area (Å²) in [4.78, 5) is 23.9. The highest BCUT2D eigenvalue weighted by molar-refractivity contribution is 5.78. The van der Waals surface area contributed by atoms with Crippen LogP contribution in [0.5, 0.6) is 0 Å². The van der Waals surface area contributed by atoms with Crippen molar-refractivity contribution in [1.82, 2.24) is 20.1 Å². The Morgan fingerprint density at radius 3 is 2.44 bits per heavy atom. The Bertz CT molecular complexity index is 560. The van der Waals surface area contributed by atoms with Crippen LogP contribution in [0, 0.1) is 0 Å². The van der Waals surface area contributed by atoms with Crippen LogP contribution in [-0.4, -0.2) is 78.6 Å². The molecule has 136 valence electrons. The Kier molecular flexibility index (Phi) is 5.17. The molecule has 6 nitrogen and oxygen atoms in total. The Hall–Kier alpha value is -1.66. The molecular formula is C19H29N5O. The normalized spacial score (nSPS) is 23.6. The van der Waals surface area contributed by atoms with Gasteiger partial charge in [-0.3, -0.25) is 9.69 Å². The number of hydrogen-bond donors (Lipinski definition) is 1. The van der Waals surface area contributed by atoms with Crippen molar-refractivity contribution in [2.24, 2.45) is 0 Å². The van der Waals surface area contributed by atoms with Crippen molar-refractivity contribution in [1.29, 1.82) is 0 Å². The van der Waals surface area contributed by atoms with Gasteiger partial charge in [-0.05, 0) is 37.8 Å². The van der Waals surface area contributed by atoms with Crippen LogP contribution in [0.2, 0.25) is 0 Å². The summed E-state index contributed by atoms with van der Waals surface area (Å²) in [6.07, 6.45) is 6.80. The summed E-state index contributed by atoms with van der Waals surface area (Å²) in [7, 11) is 0. The number of amides is 1. The van der Waals surface area contributed by atoms with Gasteiger partial charge in [0.2, 0.25) is 5.91 Å². The van der Waals surface area contributed by atoms with Crippen molar-refractivity contribution in [3.05, 3.63) is 24.4 Å². The number of anilines is 1. The Morgan fingerprint density at radius 1 is 1.04 bits per heavy atom. The molecule has 0 unspecified atom stereocenters. The zero-order chi connectivity index (χ0) is 17.1. The first-order valence-electron chi connectivity index (χ1n) is 9.70. The van der Waals surface area contributed by atoms with E-state index in [0.717, 1.165) is 64.0 Å². The predicted octanol–water partition coefficient (Wildman–Crippen LogP) is 0.947. The average Bonchev–Trinajstić information content (AvgIpc) is 3.49. The molecule has 1 N–H and O–H groups in total. The maximum atomic E-state index is 12.4. The quantitative estimate of drug-likeness (QED) is 0.863. The van der Waals surface area contributed by atoms with Crippen molar-refractivity contribution in [3.8, 4) is 0 Å². The van der Waals surface area contributed by atoms with Gasteiger partial charge in [0.1, 0.15) is 5.82 Å². The zero-order valence-corrected chi connectivity index (χ0v) is 14.9. The molecule has 1 aliphatic carbocycles. The fourth-order valence-electron chi connectivity index (χ4n) is 4.00. The minimum atomic E-state index is 0.191. The van der Waals surface area contributed by atoms with Crippen molar-refractivity contribution < 1.29 is 4.79 Å². The van der Waals surface area contributed by atoms with Gasteiger partial charge in [0.05, 0.1) is 6.54 Å². The summed E-state index contributed by atoms with van der Waals surface area (Å²) in [5.74, 6) is 1.23. The van der Waals surface area contributed by atoms with Gasteiger partial charge in [0, 0.05) is 57.5 Å². The number of aromatic nitrogens is 1. The molecule has 0 atom stereocenters. The van der Waals surface area contributed by atoms with E-state index in [9.17, 15) is 4.79 Å². The average molecular weight is 343 g/mol. The summed E-state index contributed by atoms with van der Waals surface area (Å²) in [6, 6.07) is 7.25. The molecule has 4 rings (SSSR count). The second-order valence-corrected chi connectivity index (χ2v) is 7.56. The number of carbonyl (C=O) groups is 1. The first-order chi connectivity index (χ1) is 12.3. The van der Waals surface area contributed by atoms with E-state index in [1.807, 2.05) is 18.3 Å². The third-order valence-corrected chi connectivity index (χ3v) is 5.67. The molecule has 0 radical (unpaired) electrons. The summed E-state index contributed by atoms with van der Waals surface area (Å²) in [5.41, 5.74) is 0. The maximum Gasteiger partial charge on any atom is 0.234 e. The predicted molar refractivity (Wildman–Crippen MR) is 98.6 cm³/mol. The Balaban J connectivity index is 1.16. The third kappa shape index (κ3) is 4.50. The molecule has 1 amide bonds. The van der Waals surface area contributed by atoms with E-state index in [2.05, 4.69) is 31.1 Å². The SMILES string of the molecule is O=C(CN1CCN(c2ccccn2)CC1)NC1CCN(C2CC2)CC1. The molecule has 25 heavy (non-hydrogen) atoms. The minimum Gasteiger partial charge on any atom is -0.354 e. The van der Waals surface area contributed by atoms with E-state index in [0.29, 0.717) is 12.6 Å². The van der Waals surface area contributed by atoms with Gasteiger partial charge >= 0.3 is 0 Å². The second-order valence-electron chi connectivity index (χ2n) is 7.56. The van der Waals surface area contributed by atoms with Crippen LogP contribution in [0.15, 0.2) is 24.4 Å². The lowest BCUT2D eigenvalue weighted by atomic mass is 10.0. The minimum absolute atomic E-state index is 0.191. The number of piperidine rings is 1. The van der Waals surface area contributed by atoms with E-state index in [1.54, 1.807) is 0 Å². The molecule has 1 saturated carbocycles. The van der Waals surface area contributed by atoms with Crippen LogP contribution in [-0.2, 0) is 4.79 Å². The topological polar surface area (TPSA) is 51.7 Å². The van der Waals surface area contributed by atoms with Gasteiger partial charge < -0.3 is 15.1 Å². The molecule has 0 spiro atoms. The first-order valence-corrected chi connectivity index (χ1v) is 9.70. The monoisotopic (exact) mass is 343 g/mol. The number of carbonyl (C=O) groups excluding carboxylic acids is 1. The van der Waals surface area contributed by atoms with Crippen LogP contribution in [0.25, 0.3) is 0 Å². The van der Waals surface area contributed by atoms with Crippen LogP contribution < -0.4 is 10.2 Å². The molecule has 6 heteroatoms. The molecule has 1 aromatic heterocycles. The van der Waals surface area contributed by atoms with Crippen molar-refractivity contribution in [3.63, 3.8) is 0 Å². The molecule has 0 aromatic carbocycles. The third-order valence-electron chi connectivity index (χ3n) is 5.67. The highest BCUT2D eigenvalue weighted by Crippen LogP contribution is 2.29. The molecular weight excluding hydrogens is 314 g/mol. The molecule has 3 heterocycles. The number of likely N-dealkylation sites (tertiary alicyclic amines) is 1. The van der Waals surface area contributed by atoms with Crippen LogP contribution >= 0.6 is 0 Å². The van der Waals surface area contributed by atoms with Gasteiger partial charge in [-0.25, -0.2) is 4.98 Å². The fourth-order valence-corrected chi connectivity index (χ4v) is 4.00. The lowest BCUT2D eigenvalue weighted by molar-refractivity contribution is -0.123. The van der Waals surface area contributed by atoms with E-state index in [4.69, 9.17) is 0 Å². The smallest absolute Gasteiger partial charge is 0.234 e. The van der Waals surface area contributed by atoms with Gasteiger partial charge in [0.15, 0.2) is 0 Å². The molecule has 3 aliphatic rings. The van der Waals surface area contributed by atoms with Gasteiger partial charge in [-0.1, -0.05) is 6.07 Å². The number of pyridine rings is 1. The van der Waals surface area contributed by atoms with Gasteiger partial charge in [0.25, 0.3) is 0 Å². The largest absolute Gasteiger partial charge is 0.354 e. The molecule has 3 fully saturated rings. The number of nitrogens with one attached hydrogen (secondary N) is 1. The lowest BCUT2D eigenvalue weighted by Gasteiger charge is -2.36. The van der Waals surface area contributed by atoms with Crippen LogP contribution in [0.3, 0.4) is 0 Å². The van der Waals surface area contributed by atoms with E-state index >= 15 is 0 Å².